The van der Waals surface area contributed by atoms with Gasteiger partial charge in [-0.05, 0) is 598 Å². The first-order chi connectivity index (χ1) is 60.5. The Morgan fingerprint density at radius 3 is 0.214 bits per heavy atom. The first-order valence-corrected chi connectivity index (χ1v) is 66.7. The fourth-order valence-corrected chi connectivity index (χ4v) is 50.5. The number of hydrogen-bond donors (Lipinski definition) is 0. The maximum absolute atomic E-state index is 14.7. The largest absolute Gasteiger partial charge is 0.229 e. The fourth-order valence-electron chi connectivity index (χ4n) is 37.1. The predicted octanol–water partition coefficient (Wildman–Crippen LogP) is 24.3. The molecule has 0 spiro atoms. The molecule has 16 saturated carbocycles. The third-order valence-corrected chi connectivity index (χ3v) is 55.6. The van der Waals surface area contributed by atoms with Crippen LogP contribution in [0.15, 0.2) is 0 Å². The van der Waals surface area contributed by atoms with Crippen LogP contribution in [0, 0.1) is 213 Å². The summed E-state index contributed by atoms with van der Waals surface area (Å²) in [6.07, 6.45) is 66.8. The van der Waals surface area contributed by atoms with Crippen molar-refractivity contribution in [3.8, 4) is 0 Å². The van der Waals surface area contributed by atoms with Crippen LogP contribution >= 0.6 is 0 Å². The van der Waals surface area contributed by atoms with E-state index in [2.05, 4.69) is 0 Å². The van der Waals surface area contributed by atoms with E-state index in [1.807, 2.05) is 0 Å². The molecule has 720 valence electrons. The SMILES string of the molecule is O=S1(=O)CC2CCC(CC2)C2CC3CC(C2)C2CCC(CC2)CS(=O)(=O)CC2CCC(CC2)C2CC4CC(C2)C2CCC(CC2)CS(=O)(=O)CC2CCC(CC2)C2CC(CC(C2)C2CCC(CC2)CS(=O)(=O)CC2CCC(CC2)C2CC(CC(C2)C2CCC(CC2)CS(=O)(=O)CC2CCC4CC2)C2CCC(CC2)C1)C1CCC(CC1)CS(=O)(=O)CC1CCC3CC1. The summed E-state index contributed by atoms with van der Waals surface area (Å²) in [5, 5.41) is 0. The smallest absolute Gasteiger partial charge is 0.150 e. The van der Waals surface area contributed by atoms with Crippen molar-refractivity contribution in [2.75, 3.05) is 69.0 Å². The minimum atomic E-state index is -3.24. The van der Waals surface area contributed by atoms with Crippen LogP contribution in [-0.2, 0) is 59.0 Å². The quantitative estimate of drug-likeness (QED) is 0.222. The minimum absolute atomic E-state index is 0.233. The van der Waals surface area contributed by atoms with Gasteiger partial charge in [-0.15, -0.1) is 0 Å². The number of rotatable bonds is 0. The van der Waals surface area contributed by atoms with Crippen LogP contribution < -0.4 is 0 Å². The van der Waals surface area contributed by atoms with Gasteiger partial charge >= 0.3 is 0 Å². The molecule has 0 atom stereocenters. The van der Waals surface area contributed by atoms with Crippen molar-refractivity contribution >= 4 is 59.0 Å². The monoisotopic (exact) mass is 1860 g/mol. The molecule has 40 heterocycles. The minimum Gasteiger partial charge on any atom is -0.229 e. The van der Waals surface area contributed by atoms with E-state index in [0.29, 0.717) is 211 Å². The summed E-state index contributed by atoms with van der Waals surface area (Å²) in [4.78, 5) is 0. The molecule has 12 nitrogen and oxygen atoms in total. The van der Waals surface area contributed by atoms with E-state index in [1.165, 1.54) is 77.0 Å². The van der Waals surface area contributed by atoms with Gasteiger partial charge in [0.2, 0.25) is 0 Å². The lowest BCUT2D eigenvalue weighted by molar-refractivity contribution is 0.0342. The normalized spacial score (nSPS) is 49.3. The van der Waals surface area contributed by atoms with Gasteiger partial charge in [0.25, 0.3) is 0 Å². The second-order valence-corrected chi connectivity index (χ2v) is 64.7. The van der Waals surface area contributed by atoms with Gasteiger partial charge in [0.1, 0.15) is 0 Å². The van der Waals surface area contributed by atoms with Gasteiger partial charge in [0, 0.05) is 0 Å². The van der Waals surface area contributed by atoms with E-state index in [0.717, 1.165) is 308 Å². The average molecular weight is 1860 g/mol. The molecule has 18 heteroatoms. The van der Waals surface area contributed by atoms with Gasteiger partial charge in [0.15, 0.2) is 59.0 Å². The first kappa shape index (κ1) is 94.7. The summed E-state index contributed by atoms with van der Waals surface area (Å²) in [6, 6.07) is 0. The summed E-state index contributed by atoms with van der Waals surface area (Å²) in [7, 11) is -19.4. The fraction of sp³-hybridized carbons (Fsp3) is 1.00. The van der Waals surface area contributed by atoms with Crippen molar-refractivity contribution in [2.24, 2.45) is 213 Å². The van der Waals surface area contributed by atoms with Gasteiger partial charge in [-0.1, -0.05) is 0 Å². The highest BCUT2D eigenvalue weighted by Crippen LogP contribution is 2.60. The van der Waals surface area contributed by atoms with Crippen molar-refractivity contribution in [1.29, 1.82) is 0 Å². The number of sulfone groups is 6. The Kier molecular flexibility index (Phi) is 30.8. The predicted molar refractivity (Wildman–Crippen MR) is 515 cm³/mol. The molecule has 0 amide bonds. The summed E-state index contributed by atoms with van der Waals surface area (Å²) in [5.74, 6) is 22.0. The second-order valence-electron chi connectivity index (χ2n) is 51.8. The van der Waals surface area contributed by atoms with Crippen LogP contribution in [0.2, 0.25) is 0 Å². The Hall–Kier alpha value is -0.300. The van der Waals surface area contributed by atoms with Crippen molar-refractivity contribution in [2.45, 2.75) is 385 Å². The molecule has 36 bridgehead atoms. The van der Waals surface area contributed by atoms with Crippen LogP contribution in [0.1, 0.15) is 385 Å². The van der Waals surface area contributed by atoms with E-state index in [9.17, 15) is 50.5 Å². The van der Waals surface area contributed by atoms with Crippen molar-refractivity contribution in [3.63, 3.8) is 0 Å². The maximum Gasteiger partial charge on any atom is 0.150 e. The Labute approximate surface area is 770 Å². The Morgan fingerprint density at radius 2 is 0.151 bits per heavy atom. The molecule has 0 aromatic carbocycles. The lowest BCUT2D eigenvalue weighted by atomic mass is 9.58. The maximum atomic E-state index is 14.7. The van der Waals surface area contributed by atoms with Crippen LogP contribution in [0.25, 0.3) is 0 Å². The van der Waals surface area contributed by atoms with Crippen LogP contribution in [0.4, 0.5) is 0 Å². The molecule has 0 N–H and O–H groups in total. The third-order valence-electron chi connectivity index (χ3n) is 43.8. The van der Waals surface area contributed by atoms with Crippen LogP contribution in [0.3, 0.4) is 0 Å². The zero-order valence-electron chi connectivity index (χ0n) is 79.0. The van der Waals surface area contributed by atoms with E-state index < -0.39 is 59.0 Å². The van der Waals surface area contributed by atoms with E-state index in [4.69, 9.17) is 0 Å². The standard InChI is InChI=1S/C108H180O12S6/c109-121(110)61-73-1-25-85(26-2-73)97-49-98-51-99(50-97)87-31-7-76(8-32-87)64-123(113,114)66-78-15-39-92(40-16-78)104-56-106-60-108(58-104)96-47-23-84(24-48-96)72-126(119,120)71-83-21-45-95(46-22-83)107-57-103(91-37-13-77(14-38-91)65-122(111,112)63-75-5-29-86(98)30-6-75)55-105(59-107)93-41-17-81(18-42-93)69-124(115,116)67-79-9-33-89(34-10-79)101-52-100(88-27-3-74(62-121)4-28-88)53-102(54-101)90-35-11-80(12-36-90)68-125(117,118)70-82-19-43-94(106)44-20-82/h73-108H,1-72H2. The van der Waals surface area contributed by atoms with Crippen molar-refractivity contribution < 1.29 is 50.5 Å². The van der Waals surface area contributed by atoms with E-state index in [1.54, 1.807) is 0 Å². The zero-order valence-corrected chi connectivity index (χ0v) is 83.9. The highest BCUT2D eigenvalue weighted by atomic mass is 32.2. The molecular weight excluding hydrogens is 1680 g/mol. The molecule has 56 rings (SSSR count). The molecule has 0 radical (unpaired) electrons. The first-order valence-electron chi connectivity index (χ1n) is 55.8. The van der Waals surface area contributed by atoms with Gasteiger partial charge in [-0.3, -0.25) is 0 Å². The summed E-state index contributed by atoms with van der Waals surface area (Å²) in [5.41, 5.74) is 0. The second kappa shape index (κ2) is 41.0. The molecule has 40 saturated heterocycles. The summed E-state index contributed by atoms with van der Waals surface area (Å²) < 4.78 is 176. The molecule has 16 aliphatic carbocycles. The lowest BCUT2D eigenvalue weighted by Crippen LogP contribution is -2.39. The molecule has 40 aliphatic heterocycles. The summed E-state index contributed by atoms with van der Waals surface area (Å²) >= 11 is 0. The van der Waals surface area contributed by atoms with Gasteiger partial charge in [-0.25, -0.2) is 50.5 Å². The van der Waals surface area contributed by atoms with Crippen LogP contribution in [0.5, 0.6) is 0 Å². The van der Waals surface area contributed by atoms with Gasteiger partial charge in [-0.2, -0.15) is 0 Å². The molecular formula is C108H180O12S6. The average Bonchev–Trinajstić information content (AvgIpc) is 0.801. The topological polar surface area (TPSA) is 205 Å². The van der Waals surface area contributed by atoms with Gasteiger partial charge < -0.3 is 0 Å². The van der Waals surface area contributed by atoms with E-state index >= 15 is 0 Å². The zero-order chi connectivity index (χ0) is 86.7. The lowest BCUT2D eigenvalue weighted by Gasteiger charge is -2.48. The Bertz CT molecular complexity index is 3250. The van der Waals surface area contributed by atoms with Gasteiger partial charge in [0.05, 0.1) is 69.0 Å². The van der Waals surface area contributed by atoms with Crippen molar-refractivity contribution in [3.05, 3.63) is 0 Å². The summed E-state index contributed by atoms with van der Waals surface area (Å²) in [6.45, 7) is 0. The molecule has 56 aliphatic rings. The molecule has 0 aromatic rings. The highest BCUT2D eigenvalue weighted by molar-refractivity contribution is 7.92. The molecule has 0 unspecified atom stereocenters. The molecule has 126 heavy (non-hydrogen) atoms. The Morgan fingerprint density at radius 1 is 0.0873 bits per heavy atom. The van der Waals surface area contributed by atoms with E-state index in [-0.39, 0.29) is 71.0 Å². The van der Waals surface area contributed by atoms with Crippen LogP contribution in [-0.4, -0.2) is 120 Å². The highest BCUT2D eigenvalue weighted by Gasteiger charge is 2.51. The van der Waals surface area contributed by atoms with Crippen molar-refractivity contribution in [1.82, 2.24) is 0 Å². The number of hydrogen-bond acceptors (Lipinski definition) is 12. The molecule has 56 fully saturated rings. The molecule has 0 aromatic heterocycles. The Balaban J connectivity index is 0.612. The third kappa shape index (κ3) is 24.5.